The lowest BCUT2D eigenvalue weighted by atomic mass is 10.1. The summed E-state index contributed by atoms with van der Waals surface area (Å²) >= 11 is 2.86. The molecular weight excluding hydrogens is 314 g/mol. The Morgan fingerprint density at radius 1 is 1.23 bits per heavy atom. The fourth-order valence-corrected chi connectivity index (χ4v) is 3.63. The van der Waals surface area contributed by atoms with Gasteiger partial charge in [-0.2, -0.15) is 4.99 Å². The van der Waals surface area contributed by atoms with Crippen LogP contribution in [0.15, 0.2) is 39.5 Å². The molecule has 1 aliphatic rings. The summed E-state index contributed by atoms with van der Waals surface area (Å²) in [6.45, 7) is 3.97. The fraction of sp³-hybridized carbons (Fsp3) is 0.188. The number of hydrogen-bond acceptors (Lipinski definition) is 5. The topological polar surface area (TPSA) is 45.6 Å². The molecule has 2 heterocycles. The predicted molar refractivity (Wildman–Crippen MR) is 93.5 cm³/mol. The van der Waals surface area contributed by atoms with Crippen molar-refractivity contribution < 1.29 is 4.79 Å². The normalized spacial score (nSPS) is 18.7. The Bertz CT molecular complexity index is 775. The molecule has 1 saturated heterocycles. The number of likely N-dealkylation sites (N-methyl/N-ethyl adjacent to an activating group) is 1. The second-order valence-electron chi connectivity index (χ2n) is 5.05. The highest BCUT2D eigenvalue weighted by atomic mass is 32.2. The smallest absolute Gasteiger partial charge is 0.266 e. The zero-order valence-corrected chi connectivity index (χ0v) is 14.2. The first kappa shape index (κ1) is 15.0. The standard InChI is InChI=1S/C16H15N3OS2/c1-10-4-6-12(7-5-10)8-13-14(20)19(3)16(22-13)18-15-17-11(2)9-21-15/h4-9H,1-3H3/b13-8-,18-16+. The number of aliphatic imine (C=N–C) groups is 1. The van der Waals surface area contributed by atoms with E-state index in [4.69, 9.17) is 0 Å². The first-order valence-electron chi connectivity index (χ1n) is 6.78. The number of rotatable bonds is 2. The maximum absolute atomic E-state index is 12.3. The number of aromatic nitrogens is 1. The quantitative estimate of drug-likeness (QED) is 0.783. The van der Waals surface area contributed by atoms with E-state index in [2.05, 4.69) is 9.98 Å². The lowest BCUT2D eigenvalue weighted by Crippen LogP contribution is -2.23. The predicted octanol–water partition coefficient (Wildman–Crippen LogP) is 3.99. The Labute approximate surface area is 137 Å². The molecule has 0 radical (unpaired) electrons. The van der Waals surface area contributed by atoms with Crippen molar-refractivity contribution in [2.75, 3.05) is 7.05 Å². The van der Waals surface area contributed by atoms with Crippen molar-refractivity contribution in [2.24, 2.45) is 4.99 Å². The monoisotopic (exact) mass is 329 g/mol. The van der Waals surface area contributed by atoms with Crippen LogP contribution in [-0.2, 0) is 4.79 Å². The van der Waals surface area contributed by atoms with E-state index in [-0.39, 0.29) is 5.91 Å². The number of thiazole rings is 1. The van der Waals surface area contributed by atoms with Gasteiger partial charge in [0.15, 0.2) is 5.17 Å². The zero-order valence-electron chi connectivity index (χ0n) is 12.5. The van der Waals surface area contributed by atoms with Crippen LogP contribution in [0.1, 0.15) is 16.8 Å². The third-order valence-electron chi connectivity index (χ3n) is 3.18. The number of hydrogen-bond donors (Lipinski definition) is 0. The molecule has 1 aromatic heterocycles. The molecule has 112 valence electrons. The Balaban J connectivity index is 1.88. The van der Waals surface area contributed by atoms with Crippen LogP contribution in [0, 0.1) is 13.8 Å². The maximum Gasteiger partial charge on any atom is 0.266 e. The molecule has 1 amide bonds. The molecular formula is C16H15N3OS2. The van der Waals surface area contributed by atoms with Crippen LogP contribution in [0.25, 0.3) is 6.08 Å². The average Bonchev–Trinajstić information content (AvgIpc) is 3.01. The molecule has 0 spiro atoms. The summed E-state index contributed by atoms with van der Waals surface area (Å²) in [7, 11) is 1.74. The van der Waals surface area contributed by atoms with Crippen LogP contribution in [0.3, 0.4) is 0 Å². The zero-order chi connectivity index (χ0) is 15.7. The van der Waals surface area contributed by atoms with E-state index in [0.29, 0.717) is 15.2 Å². The molecule has 1 aromatic carbocycles. The SMILES string of the molecule is Cc1ccc(/C=C2\S/C(=N/c3nc(C)cs3)N(C)C2=O)cc1. The number of benzene rings is 1. The van der Waals surface area contributed by atoms with Crippen LogP contribution in [0.5, 0.6) is 0 Å². The van der Waals surface area contributed by atoms with Gasteiger partial charge in [0.1, 0.15) is 0 Å². The highest BCUT2D eigenvalue weighted by Gasteiger charge is 2.30. The van der Waals surface area contributed by atoms with Gasteiger partial charge >= 0.3 is 0 Å². The largest absolute Gasteiger partial charge is 0.289 e. The second kappa shape index (κ2) is 6.06. The van der Waals surface area contributed by atoms with Crippen LogP contribution in [0.2, 0.25) is 0 Å². The van der Waals surface area contributed by atoms with E-state index in [1.807, 2.05) is 49.6 Å². The summed E-state index contributed by atoms with van der Waals surface area (Å²) in [6.07, 6.45) is 1.90. The van der Waals surface area contributed by atoms with Crippen LogP contribution < -0.4 is 0 Å². The summed E-state index contributed by atoms with van der Waals surface area (Å²) in [4.78, 5) is 23.4. The third-order valence-corrected chi connectivity index (χ3v) is 5.09. The molecule has 6 heteroatoms. The molecule has 4 nitrogen and oxygen atoms in total. The van der Waals surface area contributed by atoms with Gasteiger partial charge in [0.2, 0.25) is 5.13 Å². The number of carbonyl (C=O) groups is 1. The maximum atomic E-state index is 12.3. The Hall–Kier alpha value is -1.92. The van der Waals surface area contributed by atoms with Crippen LogP contribution in [0.4, 0.5) is 5.13 Å². The number of carbonyl (C=O) groups excluding carboxylic acids is 1. The first-order valence-corrected chi connectivity index (χ1v) is 8.47. The molecule has 1 aliphatic heterocycles. The summed E-state index contributed by atoms with van der Waals surface area (Å²) in [5.41, 5.74) is 3.16. The summed E-state index contributed by atoms with van der Waals surface area (Å²) in [5.74, 6) is -0.0300. The van der Waals surface area contributed by atoms with E-state index >= 15 is 0 Å². The molecule has 0 aliphatic carbocycles. The van der Waals surface area contributed by atoms with Gasteiger partial charge in [-0.1, -0.05) is 29.8 Å². The number of amidine groups is 1. The molecule has 0 N–H and O–H groups in total. The van der Waals surface area contributed by atoms with Gasteiger partial charge in [-0.25, -0.2) is 4.98 Å². The summed E-state index contributed by atoms with van der Waals surface area (Å²) < 4.78 is 0. The van der Waals surface area contributed by atoms with Gasteiger partial charge in [0.05, 0.1) is 10.6 Å². The lowest BCUT2D eigenvalue weighted by molar-refractivity contribution is -0.121. The number of aryl methyl sites for hydroxylation is 2. The van der Waals surface area contributed by atoms with Crippen molar-refractivity contribution in [2.45, 2.75) is 13.8 Å². The highest BCUT2D eigenvalue weighted by Crippen LogP contribution is 2.33. The van der Waals surface area contributed by atoms with E-state index < -0.39 is 0 Å². The Morgan fingerprint density at radius 3 is 2.59 bits per heavy atom. The van der Waals surface area contributed by atoms with Crippen LogP contribution in [-0.4, -0.2) is 28.0 Å². The van der Waals surface area contributed by atoms with Gasteiger partial charge in [-0.15, -0.1) is 11.3 Å². The van der Waals surface area contributed by atoms with E-state index in [1.54, 1.807) is 11.9 Å². The van der Waals surface area contributed by atoms with Crippen molar-refractivity contribution >= 4 is 45.4 Å². The number of thioether (sulfide) groups is 1. The molecule has 0 saturated carbocycles. The first-order chi connectivity index (χ1) is 10.5. The molecule has 0 bridgehead atoms. The molecule has 22 heavy (non-hydrogen) atoms. The number of nitrogens with zero attached hydrogens (tertiary/aromatic N) is 3. The second-order valence-corrected chi connectivity index (χ2v) is 6.90. The van der Waals surface area contributed by atoms with Crippen molar-refractivity contribution in [3.8, 4) is 0 Å². The van der Waals surface area contributed by atoms with Crippen molar-refractivity contribution in [3.63, 3.8) is 0 Å². The van der Waals surface area contributed by atoms with Crippen molar-refractivity contribution in [1.82, 2.24) is 9.88 Å². The molecule has 2 aromatic rings. The van der Waals surface area contributed by atoms with Gasteiger partial charge in [0.25, 0.3) is 5.91 Å². The average molecular weight is 329 g/mol. The summed E-state index contributed by atoms with van der Waals surface area (Å²) in [5, 5.41) is 3.29. The van der Waals surface area contributed by atoms with E-state index in [9.17, 15) is 4.79 Å². The van der Waals surface area contributed by atoms with Gasteiger partial charge < -0.3 is 0 Å². The fourth-order valence-electron chi connectivity index (χ4n) is 1.94. The molecule has 1 fully saturated rings. The Kier molecular flexibility index (Phi) is 4.13. The van der Waals surface area contributed by atoms with Gasteiger partial charge in [0, 0.05) is 12.4 Å². The molecule has 0 atom stereocenters. The van der Waals surface area contributed by atoms with E-state index in [0.717, 1.165) is 11.3 Å². The third kappa shape index (κ3) is 3.13. The lowest BCUT2D eigenvalue weighted by Gasteiger charge is -2.05. The van der Waals surface area contributed by atoms with Crippen LogP contribution >= 0.6 is 23.1 Å². The van der Waals surface area contributed by atoms with Gasteiger partial charge in [-0.3, -0.25) is 9.69 Å². The number of amides is 1. The van der Waals surface area contributed by atoms with Gasteiger partial charge in [-0.05, 0) is 37.2 Å². The van der Waals surface area contributed by atoms with Crippen molar-refractivity contribution in [1.29, 1.82) is 0 Å². The minimum atomic E-state index is -0.0300. The molecule has 3 rings (SSSR count). The van der Waals surface area contributed by atoms with Crippen molar-refractivity contribution in [3.05, 3.63) is 51.4 Å². The minimum absolute atomic E-state index is 0.0300. The summed E-state index contributed by atoms with van der Waals surface area (Å²) in [6, 6.07) is 8.09. The minimum Gasteiger partial charge on any atom is -0.289 e. The van der Waals surface area contributed by atoms with E-state index in [1.165, 1.54) is 28.7 Å². The Morgan fingerprint density at radius 2 is 1.95 bits per heavy atom. The molecule has 0 unspecified atom stereocenters. The highest BCUT2D eigenvalue weighted by molar-refractivity contribution is 8.18.